The van der Waals surface area contributed by atoms with Crippen LogP contribution in [0.25, 0.3) is 11.0 Å². The summed E-state index contributed by atoms with van der Waals surface area (Å²) in [6.45, 7) is 6.09. The normalized spacial score (nSPS) is 24.7. The maximum absolute atomic E-state index is 14.0. The highest BCUT2D eigenvalue weighted by molar-refractivity contribution is 7.90. The van der Waals surface area contributed by atoms with Crippen molar-refractivity contribution in [1.82, 2.24) is 24.6 Å². The number of fused-ring (bicyclic) bond motifs is 1. The van der Waals surface area contributed by atoms with E-state index in [9.17, 15) is 28.4 Å². The van der Waals surface area contributed by atoms with Gasteiger partial charge in [-0.25, -0.2) is 23.1 Å². The molecule has 16 heteroatoms. The Bertz CT molecular complexity index is 2670. The first kappa shape index (κ1) is 42.4. The molecule has 5 aliphatic rings. The summed E-state index contributed by atoms with van der Waals surface area (Å²) in [6, 6.07) is 19.5. The third-order valence-electron chi connectivity index (χ3n) is 14.8. The molecule has 2 atom stereocenters. The summed E-state index contributed by atoms with van der Waals surface area (Å²) in [7, 11) is -4.62. The zero-order valence-corrected chi connectivity index (χ0v) is 37.0. The van der Waals surface area contributed by atoms with Crippen molar-refractivity contribution in [2.45, 2.75) is 106 Å². The zero-order chi connectivity index (χ0) is 44.2. The fraction of sp³-hybridized carbons (Fsp3) is 0.479. The van der Waals surface area contributed by atoms with Gasteiger partial charge < -0.3 is 25.0 Å². The number of carbonyl (C=O) groups is 1. The van der Waals surface area contributed by atoms with Crippen LogP contribution in [0.15, 0.2) is 84.1 Å². The van der Waals surface area contributed by atoms with E-state index in [0.29, 0.717) is 42.7 Å². The zero-order valence-electron chi connectivity index (χ0n) is 36.2. The Morgan fingerprint density at radius 1 is 0.953 bits per heavy atom. The minimum atomic E-state index is -4.62. The first-order chi connectivity index (χ1) is 30.8. The number of aliphatic hydroxyl groups is 1. The molecule has 336 valence electrons. The maximum Gasteiger partial charge on any atom is 0.312 e. The standard InChI is InChI=1S/C48H56N8O7S/c1-47(58)16-13-31(14-17-47)26-50-45-42(56(59)60)25-36(28-52-45)64(61,62)53-46(57)40-12-11-34(24-43(40)63-35-23-33-15-20-49-44(33)51-27-35)54-21-18-48(19-22-54)29-55(30-48)41-8-4-7-39(41)38-6-3-2-5-37(38)32-9-10-32/h2-3,5-6,11-12,15,20,23-25,27-28,31-32,39,41,58H,4,7-10,13-14,16-19,21-22,26,29-30H2,1H3,(H,49,51)(H,50,52)(H,53,57)/t31?,39-,41+,47?/m1/s1. The molecule has 2 aliphatic heterocycles. The molecule has 5 aromatic rings. The number of amides is 1. The Labute approximate surface area is 373 Å². The molecular weight excluding hydrogens is 833 g/mol. The molecule has 0 bridgehead atoms. The SMILES string of the molecule is CC1(O)CCC(CNc2ncc(S(=O)(=O)NC(=O)c3ccc(N4CCC5(CC4)CN([C@H]4CCC[C@@H]4c4ccccc4C4CC4)C5)cc3Oc3cnc4[nH]ccc4c3)cc2[N+](=O)[O-])CC1. The molecule has 5 heterocycles. The van der Waals surface area contributed by atoms with Crippen molar-refractivity contribution in [2.75, 3.05) is 42.9 Å². The van der Waals surface area contributed by atoms with Crippen molar-refractivity contribution in [3.8, 4) is 11.5 Å². The van der Waals surface area contributed by atoms with Gasteiger partial charge in [0.2, 0.25) is 5.82 Å². The molecule has 2 saturated heterocycles. The number of anilines is 2. The fourth-order valence-electron chi connectivity index (χ4n) is 10.9. The van der Waals surface area contributed by atoms with Crippen LogP contribution < -0.4 is 19.7 Å². The Balaban J connectivity index is 0.833. The molecule has 64 heavy (non-hydrogen) atoms. The number of aromatic nitrogens is 3. The largest absolute Gasteiger partial charge is 0.455 e. The summed E-state index contributed by atoms with van der Waals surface area (Å²) in [5.74, 6) is 0.999. The predicted octanol–water partition coefficient (Wildman–Crippen LogP) is 8.25. The number of hydrogen-bond acceptors (Lipinski definition) is 12. The Morgan fingerprint density at radius 2 is 1.72 bits per heavy atom. The number of piperidine rings is 1. The molecule has 3 saturated carbocycles. The summed E-state index contributed by atoms with van der Waals surface area (Å²) in [5.41, 5.74) is 3.68. The van der Waals surface area contributed by atoms with Crippen LogP contribution in [0.3, 0.4) is 0 Å². The summed E-state index contributed by atoms with van der Waals surface area (Å²) < 4.78 is 35.8. The molecule has 5 fully saturated rings. The van der Waals surface area contributed by atoms with E-state index in [0.717, 1.165) is 81.1 Å². The Hall–Kier alpha value is -5.58. The lowest BCUT2D eigenvalue weighted by Gasteiger charge is -2.57. The van der Waals surface area contributed by atoms with Gasteiger partial charge in [-0.15, -0.1) is 0 Å². The molecule has 0 unspecified atom stereocenters. The van der Waals surface area contributed by atoms with Crippen LogP contribution in [0.2, 0.25) is 0 Å². The van der Waals surface area contributed by atoms with E-state index >= 15 is 0 Å². The summed E-state index contributed by atoms with van der Waals surface area (Å²) in [5, 5.41) is 26.2. The number of pyridine rings is 2. The number of carbonyl (C=O) groups excluding carboxylic acids is 1. The number of benzene rings is 2. The second kappa shape index (κ2) is 16.8. The third kappa shape index (κ3) is 8.66. The number of hydrogen-bond donors (Lipinski definition) is 4. The van der Waals surface area contributed by atoms with Crippen LogP contribution in [-0.4, -0.2) is 88.6 Å². The summed E-state index contributed by atoms with van der Waals surface area (Å²) >= 11 is 0. The fourth-order valence-corrected chi connectivity index (χ4v) is 11.8. The molecule has 1 amide bonds. The second-order valence-electron chi connectivity index (χ2n) is 19.3. The number of nitro groups is 1. The van der Waals surface area contributed by atoms with Gasteiger partial charge in [0.15, 0.2) is 0 Å². The van der Waals surface area contributed by atoms with Crippen LogP contribution in [0.4, 0.5) is 17.2 Å². The molecule has 1 spiro atoms. The lowest BCUT2D eigenvalue weighted by Crippen LogP contribution is -2.63. The number of likely N-dealkylation sites (tertiary alicyclic amines) is 1. The van der Waals surface area contributed by atoms with E-state index < -0.39 is 37.0 Å². The van der Waals surface area contributed by atoms with Gasteiger partial charge in [0.25, 0.3) is 15.9 Å². The molecular formula is C48H56N8O7S. The number of nitrogens with zero attached hydrogens (tertiary/aromatic N) is 5. The van der Waals surface area contributed by atoms with Gasteiger partial charge in [0.05, 0.1) is 28.5 Å². The van der Waals surface area contributed by atoms with Crippen molar-refractivity contribution in [3.05, 3.63) is 106 Å². The lowest BCUT2D eigenvalue weighted by molar-refractivity contribution is -0.384. The number of H-pyrrole nitrogens is 1. The van der Waals surface area contributed by atoms with Crippen molar-refractivity contribution in [3.63, 3.8) is 0 Å². The predicted molar refractivity (Wildman–Crippen MR) is 243 cm³/mol. The molecule has 3 aromatic heterocycles. The van der Waals surface area contributed by atoms with Gasteiger partial charge in [-0.2, -0.15) is 0 Å². The van der Waals surface area contributed by atoms with Crippen LogP contribution in [0.5, 0.6) is 11.5 Å². The van der Waals surface area contributed by atoms with Crippen molar-refractivity contribution >= 4 is 44.2 Å². The first-order valence-electron chi connectivity index (χ1n) is 22.8. The molecule has 0 radical (unpaired) electrons. The molecule has 2 aromatic carbocycles. The molecule has 3 aliphatic carbocycles. The van der Waals surface area contributed by atoms with Crippen LogP contribution in [0.1, 0.15) is 111 Å². The number of ether oxygens (including phenoxy) is 1. The molecule has 4 N–H and O–H groups in total. The highest BCUT2D eigenvalue weighted by Gasteiger charge is 2.50. The number of aromatic amines is 1. The molecule has 10 rings (SSSR count). The van der Waals surface area contributed by atoms with Crippen molar-refractivity contribution in [1.29, 1.82) is 0 Å². The van der Waals surface area contributed by atoms with Crippen LogP contribution in [0, 0.1) is 21.4 Å². The average molecular weight is 889 g/mol. The van der Waals surface area contributed by atoms with E-state index in [1.54, 1.807) is 42.4 Å². The van der Waals surface area contributed by atoms with Gasteiger partial charge in [0.1, 0.15) is 22.0 Å². The second-order valence-corrected chi connectivity index (χ2v) is 21.0. The Kier molecular flexibility index (Phi) is 11.1. The van der Waals surface area contributed by atoms with Gasteiger partial charge in [0, 0.05) is 68.2 Å². The summed E-state index contributed by atoms with van der Waals surface area (Å²) in [6.07, 6.45) is 15.6. The quantitative estimate of drug-likeness (QED) is 0.0654. The van der Waals surface area contributed by atoms with E-state index in [4.69, 9.17) is 4.74 Å². The Morgan fingerprint density at radius 3 is 2.47 bits per heavy atom. The van der Waals surface area contributed by atoms with Gasteiger partial charge in [-0.05, 0) is 130 Å². The first-order valence-corrected chi connectivity index (χ1v) is 24.3. The van der Waals surface area contributed by atoms with Gasteiger partial charge in [-0.1, -0.05) is 30.7 Å². The van der Waals surface area contributed by atoms with Crippen LogP contribution in [-0.2, 0) is 10.0 Å². The highest BCUT2D eigenvalue weighted by atomic mass is 32.2. The van der Waals surface area contributed by atoms with E-state index in [1.807, 2.05) is 12.1 Å². The van der Waals surface area contributed by atoms with Crippen LogP contribution >= 0.6 is 0 Å². The van der Waals surface area contributed by atoms with Gasteiger partial charge in [-0.3, -0.25) is 19.8 Å². The lowest BCUT2D eigenvalue weighted by atomic mass is 9.70. The monoisotopic (exact) mass is 888 g/mol. The summed E-state index contributed by atoms with van der Waals surface area (Å²) in [4.78, 5) is 41.5. The van der Waals surface area contributed by atoms with Crippen molar-refractivity contribution < 1.29 is 28.0 Å². The smallest absolute Gasteiger partial charge is 0.312 e. The number of rotatable bonds is 13. The topological polar surface area (TPSA) is 196 Å². The highest BCUT2D eigenvalue weighted by Crippen LogP contribution is 2.51. The average Bonchev–Trinajstić information content (AvgIpc) is 3.82. The van der Waals surface area contributed by atoms with E-state index in [-0.39, 0.29) is 28.5 Å². The third-order valence-corrected chi connectivity index (χ3v) is 16.1. The van der Waals surface area contributed by atoms with Gasteiger partial charge >= 0.3 is 5.69 Å². The number of sulfonamides is 1. The van der Waals surface area contributed by atoms with Crippen molar-refractivity contribution in [2.24, 2.45) is 11.3 Å². The van der Waals surface area contributed by atoms with E-state index in [2.05, 4.69) is 59.1 Å². The maximum atomic E-state index is 14.0. The minimum absolute atomic E-state index is 0.0359. The number of nitrogens with one attached hydrogen (secondary N) is 3. The van der Waals surface area contributed by atoms with E-state index in [1.165, 1.54) is 38.3 Å². The molecule has 15 nitrogen and oxygen atoms in total. The minimum Gasteiger partial charge on any atom is -0.455 e.